The second kappa shape index (κ2) is 19.2. The van der Waals surface area contributed by atoms with Gasteiger partial charge in [-0.15, -0.1) is 0 Å². The molecule has 3 aromatic heterocycles. The Kier molecular flexibility index (Phi) is 13.6. The molecule has 6 atom stereocenters. The molecule has 0 spiro atoms. The number of phenols is 1. The van der Waals surface area contributed by atoms with Crippen molar-refractivity contribution in [3.05, 3.63) is 101 Å². The molecular formula is C52H64N8O7. The number of ether oxygens (including phenoxy) is 2. The first-order valence-electron chi connectivity index (χ1n) is 23.5. The molecule has 8 rings (SSSR count). The number of methoxy groups -OCH3 is 1. The summed E-state index contributed by atoms with van der Waals surface area (Å²) < 4.78 is 14.2. The minimum absolute atomic E-state index is 0.00291. The fraction of sp³-hybridized carbons (Fsp3) is 0.462. The van der Waals surface area contributed by atoms with Gasteiger partial charge >= 0.3 is 5.97 Å². The lowest BCUT2D eigenvalue weighted by molar-refractivity contribution is -0.155. The Morgan fingerprint density at radius 1 is 1.07 bits per heavy atom. The Bertz CT molecular complexity index is 2700. The number of aryl methyl sites for hydroxylation is 1. The van der Waals surface area contributed by atoms with E-state index in [-0.39, 0.29) is 43.3 Å². The van der Waals surface area contributed by atoms with Crippen LogP contribution in [0.4, 0.5) is 0 Å². The molecule has 354 valence electrons. The monoisotopic (exact) mass is 912 g/mol. The largest absolute Gasteiger partial charge is 0.508 e. The zero-order chi connectivity index (χ0) is 47.9. The van der Waals surface area contributed by atoms with Crippen LogP contribution in [0.15, 0.2) is 73.2 Å². The first-order valence-corrected chi connectivity index (χ1v) is 23.5. The number of cyclic esters (lactones) is 1. The van der Waals surface area contributed by atoms with E-state index in [9.17, 15) is 24.3 Å². The molecule has 1 fully saturated rings. The maximum atomic E-state index is 14.8. The van der Waals surface area contributed by atoms with E-state index < -0.39 is 53.3 Å². The van der Waals surface area contributed by atoms with E-state index in [1.807, 2.05) is 45.0 Å². The van der Waals surface area contributed by atoms with Crippen LogP contribution in [0, 0.1) is 17.3 Å². The van der Waals surface area contributed by atoms with Crippen molar-refractivity contribution in [2.45, 2.75) is 110 Å². The third-order valence-electron chi connectivity index (χ3n) is 13.8. The molecule has 5 aromatic rings. The van der Waals surface area contributed by atoms with Crippen molar-refractivity contribution in [2.24, 2.45) is 23.0 Å². The van der Waals surface area contributed by atoms with Crippen molar-refractivity contribution in [1.82, 2.24) is 35.2 Å². The van der Waals surface area contributed by atoms with E-state index in [4.69, 9.17) is 20.2 Å². The predicted molar refractivity (Wildman–Crippen MR) is 255 cm³/mol. The molecule has 0 saturated carbocycles. The highest BCUT2D eigenvalue weighted by Crippen LogP contribution is 2.42. The van der Waals surface area contributed by atoms with Crippen LogP contribution in [-0.4, -0.2) is 98.7 Å². The summed E-state index contributed by atoms with van der Waals surface area (Å²) >= 11 is 0. The van der Waals surface area contributed by atoms with Gasteiger partial charge in [-0.25, -0.2) is 5.43 Å². The van der Waals surface area contributed by atoms with E-state index in [1.165, 1.54) is 9.91 Å². The van der Waals surface area contributed by atoms with Crippen LogP contribution >= 0.6 is 0 Å². The van der Waals surface area contributed by atoms with Gasteiger partial charge in [-0.2, -0.15) is 0 Å². The third-order valence-corrected chi connectivity index (χ3v) is 13.8. The number of amides is 3. The van der Waals surface area contributed by atoms with Crippen molar-refractivity contribution in [3.8, 4) is 28.1 Å². The highest BCUT2D eigenvalue weighted by molar-refractivity contribution is 5.96. The van der Waals surface area contributed by atoms with Gasteiger partial charge in [0.2, 0.25) is 11.8 Å². The summed E-state index contributed by atoms with van der Waals surface area (Å²) in [4.78, 5) is 68.0. The van der Waals surface area contributed by atoms with Gasteiger partial charge in [0, 0.05) is 80.2 Å². The minimum Gasteiger partial charge on any atom is -0.508 e. The van der Waals surface area contributed by atoms with Crippen LogP contribution in [0.5, 0.6) is 5.75 Å². The van der Waals surface area contributed by atoms with E-state index in [0.717, 1.165) is 55.7 Å². The van der Waals surface area contributed by atoms with Gasteiger partial charge in [-0.05, 0) is 121 Å². The van der Waals surface area contributed by atoms with Gasteiger partial charge in [-0.1, -0.05) is 39.8 Å². The zero-order valence-electron chi connectivity index (χ0n) is 39.8. The average molecular weight is 913 g/mol. The minimum atomic E-state index is -1.16. The number of phenolic OH excluding ortho intramolecular Hbond substituents is 1. The number of esters is 1. The molecule has 0 radical (unpaired) electrons. The van der Waals surface area contributed by atoms with Crippen LogP contribution in [0.1, 0.15) is 94.5 Å². The number of fused-ring (bicyclic) bond motifs is 7. The molecule has 0 unspecified atom stereocenters. The zero-order valence-corrected chi connectivity index (χ0v) is 39.8. The Labute approximate surface area is 392 Å². The van der Waals surface area contributed by atoms with Crippen LogP contribution in [0.3, 0.4) is 0 Å². The number of benzene rings is 2. The molecule has 15 heteroatoms. The number of aromatic hydroxyl groups is 1. The number of carbonyl (C=O) groups is 4. The second-order valence-corrected chi connectivity index (χ2v) is 19.6. The molecule has 5 heterocycles. The molecule has 6 bridgehead atoms. The lowest BCUT2D eigenvalue weighted by atomic mass is 9.84. The first-order chi connectivity index (χ1) is 32.0. The standard InChI is InChI=1S/C52H64N8O7/c1-9-59-43-15-14-32-24-37(43)39(47(59)36-12-10-17-55-45(36)30(4)66-8)26-52(5,6)28-67-51(65)41-13-11-19-60(57-41)50(64)42(22-31-20-34(32)23-35(61)21-31)56-48(62)46(29(2)3)58(7)49(63)38-25-33-16-18-54-27-40(33)44(38)53/h10,12,14-18,20-21,23-24,27,29-30,38,41-42,44,46,57,61H,9,11,13,19,22,25-26,28,53H2,1-8H3,(H,56,62)/t30-,38-,41-,42-,44-,46-/m0/s1. The van der Waals surface area contributed by atoms with Crippen molar-refractivity contribution >= 4 is 34.6 Å². The Morgan fingerprint density at radius 2 is 1.87 bits per heavy atom. The number of hydrogen-bond acceptors (Lipinski definition) is 11. The van der Waals surface area contributed by atoms with Crippen molar-refractivity contribution < 1.29 is 33.8 Å². The topological polar surface area (TPSA) is 194 Å². The summed E-state index contributed by atoms with van der Waals surface area (Å²) in [5, 5.41) is 16.8. The fourth-order valence-electron chi connectivity index (χ4n) is 10.4. The van der Waals surface area contributed by atoms with Crippen LogP contribution in [0.25, 0.3) is 33.3 Å². The molecule has 15 nitrogen and oxygen atoms in total. The number of nitrogens with two attached hydrogens (primary N) is 1. The van der Waals surface area contributed by atoms with Gasteiger partial charge < -0.3 is 35.1 Å². The fourth-order valence-corrected chi connectivity index (χ4v) is 10.4. The van der Waals surface area contributed by atoms with E-state index in [0.29, 0.717) is 37.8 Å². The predicted octanol–water partition coefficient (Wildman–Crippen LogP) is 6.20. The molecular weight excluding hydrogens is 849 g/mol. The summed E-state index contributed by atoms with van der Waals surface area (Å²) in [5.74, 6) is -2.67. The Morgan fingerprint density at radius 3 is 2.60 bits per heavy atom. The van der Waals surface area contributed by atoms with Crippen molar-refractivity contribution in [1.29, 1.82) is 0 Å². The molecule has 3 aliphatic rings. The van der Waals surface area contributed by atoms with Crippen LogP contribution < -0.4 is 16.5 Å². The highest BCUT2D eigenvalue weighted by Gasteiger charge is 2.42. The number of hydrazine groups is 1. The maximum absolute atomic E-state index is 14.8. The summed E-state index contributed by atoms with van der Waals surface area (Å²) in [5.41, 5.74) is 17.9. The van der Waals surface area contributed by atoms with Crippen LogP contribution in [-0.2, 0) is 54.5 Å². The van der Waals surface area contributed by atoms with E-state index >= 15 is 0 Å². The molecule has 1 aliphatic carbocycles. The quantitative estimate of drug-likeness (QED) is 0.123. The number of hydrogen-bond donors (Lipinski definition) is 4. The lowest BCUT2D eigenvalue weighted by Gasteiger charge is -2.37. The molecule has 2 aliphatic heterocycles. The van der Waals surface area contributed by atoms with E-state index in [2.05, 4.69) is 59.3 Å². The molecule has 5 N–H and O–H groups in total. The molecule has 2 aromatic carbocycles. The van der Waals surface area contributed by atoms with Gasteiger partial charge in [0.05, 0.1) is 30.0 Å². The smallest absolute Gasteiger partial charge is 0.324 e. The highest BCUT2D eigenvalue weighted by atomic mass is 16.5. The summed E-state index contributed by atoms with van der Waals surface area (Å²) in [6.07, 6.45) is 6.79. The molecule has 3 amide bonds. The number of carbonyl (C=O) groups excluding carboxylic acids is 4. The number of pyridine rings is 2. The Hall–Kier alpha value is -6.16. The van der Waals surface area contributed by atoms with E-state index in [1.54, 1.807) is 44.9 Å². The average Bonchev–Trinajstić information content (AvgIpc) is 3.81. The second-order valence-electron chi connectivity index (χ2n) is 19.6. The first kappa shape index (κ1) is 47.3. The molecule has 1 saturated heterocycles. The van der Waals surface area contributed by atoms with Crippen molar-refractivity contribution in [2.75, 3.05) is 27.3 Å². The normalized spacial score (nSPS) is 21.6. The summed E-state index contributed by atoms with van der Waals surface area (Å²) in [6, 6.07) is 13.9. The summed E-state index contributed by atoms with van der Waals surface area (Å²) in [7, 11) is 3.28. The lowest BCUT2D eigenvalue weighted by Crippen LogP contribution is -2.62. The number of nitrogens with one attached hydrogen (secondary N) is 2. The van der Waals surface area contributed by atoms with Gasteiger partial charge in [-0.3, -0.25) is 34.2 Å². The SMILES string of the molecule is CCn1c(-c2cccnc2[C@H](C)OC)c2c3cc(ccc31)-c1cc(O)cc(c1)C[C@H](NC(=O)[C@H](C(C)C)N(C)C(=O)[C@H]1Cc3ccncc3[C@H]1N)C(=O)N1CCC[C@H](N1)C(=O)OCC(C)(C)C2. The number of aromatic nitrogens is 3. The number of likely N-dealkylation sites (N-methyl/N-ethyl adjacent to an activating group) is 1. The van der Waals surface area contributed by atoms with Crippen LogP contribution in [0.2, 0.25) is 0 Å². The summed E-state index contributed by atoms with van der Waals surface area (Å²) in [6.45, 7) is 13.0. The number of rotatable bonds is 9. The Balaban J connectivity index is 1.20. The van der Waals surface area contributed by atoms with Gasteiger partial charge in [0.25, 0.3) is 5.91 Å². The van der Waals surface area contributed by atoms with Gasteiger partial charge in [0.1, 0.15) is 23.9 Å². The van der Waals surface area contributed by atoms with Gasteiger partial charge in [0.15, 0.2) is 0 Å². The third kappa shape index (κ3) is 9.41. The molecule has 67 heavy (non-hydrogen) atoms. The van der Waals surface area contributed by atoms with Crippen molar-refractivity contribution in [3.63, 3.8) is 0 Å². The maximum Gasteiger partial charge on any atom is 0.324 e. The number of nitrogens with zero attached hydrogens (tertiary/aromatic N) is 5.